The van der Waals surface area contributed by atoms with E-state index in [0.29, 0.717) is 48.5 Å². The van der Waals surface area contributed by atoms with Crippen LogP contribution in [0.15, 0.2) is 42.7 Å². The Morgan fingerprint density at radius 3 is 2.54 bits per heavy atom. The molecule has 0 amide bonds. The van der Waals surface area contributed by atoms with E-state index < -0.39 is 5.82 Å². The number of nitrogens with zero attached hydrogens (tertiary/aromatic N) is 3. The summed E-state index contributed by atoms with van der Waals surface area (Å²) >= 11 is 6.07. The highest BCUT2D eigenvalue weighted by Crippen LogP contribution is 2.31. The van der Waals surface area contributed by atoms with E-state index in [2.05, 4.69) is 25.5 Å². The number of anilines is 4. The van der Waals surface area contributed by atoms with Gasteiger partial charge in [0.1, 0.15) is 30.4 Å². The maximum atomic E-state index is 14.3. The molecular formula is C26H33ClFN5O4. The summed E-state index contributed by atoms with van der Waals surface area (Å²) in [5, 5.41) is 25.5. The molecule has 4 N–H and O–H groups in total. The summed E-state index contributed by atoms with van der Waals surface area (Å²) in [6.45, 7) is 2.24. The van der Waals surface area contributed by atoms with E-state index in [1.807, 2.05) is 7.05 Å². The minimum atomic E-state index is -0.490. The Morgan fingerprint density at radius 2 is 1.81 bits per heavy atom. The number of benzene rings is 2. The zero-order valence-electron chi connectivity index (χ0n) is 21.0. The molecule has 1 heterocycles. The van der Waals surface area contributed by atoms with Gasteiger partial charge in [0.2, 0.25) is 0 Å². The van der Waals surface area contributed by atoms with E-state index in [1.165, 1.54) is 18.5 Å². The first-order valence-corrected chi connectivity index (χ1v) is 12.4. The van der Waals surface area contributed by atoms with Crippen molar-refractivity contribution in [1.29, 1.82) is 0 Å². The molecule has 0 radical (unpaired) electrons. The number of halogens is 2. The zero-order valence-corrected chi connectivity index (χ0v) is 21.8. The fourth-order valence-corrected chi connectivity index (χ4v) is 3.77. The van der Waals surface area contributed by atoms with E-state index in [1.54, 1.807) is 31.4 Å². The lowest BCUT2D eigenvalue weighted by Crippen LogP contribution is -2.20. The largest absolute Gasteiger partial charge is 0.504 e. The van der Waals surface area contributed by atoms with Gasteiger partial charge >= 0.3 is 0 Å². The number of methoxy groups -OCH3 is 1. The van der Waals surface area contributed by atoms with Crippen molar-refractivity contribution in [3.05, 3.63) is 59.1 Å². The molecule has 9 nitrogen and oxygen atoms in total. The smallest absolute Gasteiger partial charge is 0.161 e. The second-order valence-electron chi connectivity index (χ2n) is 8.51. The minimum absolute atomic E-state index is 0.00698. The molecule has 3 rings (SSSR count). The number of rotatable bonds is 15. The van der Waals surface area contributed by atoms with E-state index in [4.69, 9.17) is 26.2 Å². The lowest BCUT2D eigenvalue weighted by atomic mass is 10.1. The predicted molar refractivity (Wildman–Crippen MR) is 143 cm³/mol. The number of aromatic hydroxyl groups is 1. The van der Waals surface area contributed by atoms with Crippen molar-refractivity contribution in [2.24, 2.45) is 0 Å². The number of hydrogen-bond acceptors (Lipinski definition) is 9. The summed E-state index contributed by atoms with van der Waals surface area (Å²) < 4.78 is 24.7. The molecule has 0 spiro atoms. The number of aliphatic hydroxyl groups is 1. The molecule has 0 aliphatic rings. The number of hydrogen-bond donors (Lipinski definition) is 4. The van der Waals surface area contributed by atoms with Crippen LogP contribution in [0.3, 0.4) is 0 Å². The zero-order chi connectivity index (χ0) is 26.6. The van der Waals surface area contributed by atoms with Crippen LogP contribution in [-0.4, -0.2) is 65.6 Å². The van der Waals surface area contributed by atoms with Crippen LogP contribution in [-0.2, 0) is 11.3 Å². The fourth-order valence-electron chi connectivity index (χ4n) is 3.61. The van der Waals surface area contributed by atoms with Crippen molar-refractivity contribution in [3.8, 4) is 11.5 Å². The molecule has 37 heavy (non-hydrogen) atoms. The van der Waals surface area contributed by atoms with Crippen molar-refractivity contribution in [2.75, 3.05) is 51.2 Å². The van der Waals surface area contributed by atoms with Crippen LogP contribution in [0.2, 0.25) is 5.02 Å². The molecule has 0 aliphatic carbocycles. The fraction of sp³-hybridized carbons (Fsp3) is 0.385. The van der Waals surface area contributed by atoms with Crippen LogP contribution in [0.25, 0.3) is 0 Å². The van der Waals surface area contributed by atoms with Gasteiger partial charge in [0.15, 0.2) is 11.5 Å². The Morgan fingerprint density at radius 1 is 1.03 bits per heavy atom. The topological polar surface area (TPSA) is 112 Å². The Kier molecular flexibility index (Phi) is 11.2. The van der Waals surface area contributed by atoms with Gasteiger partial charge in [-0.05, 0) is 62.7 Å². The Labute approximate surface area is 221 Å². The lowest BCUT2D eigenvalue weighted by molar-refractivity contribution is 0.144. The van der Waals surface area contributed by atoms with Crippen LogP contribution in [0, 0.1) is 5.82 Å². The highest BCUT2D eigenvalue weighted by Gasteiger charge is 2.13. The summed E-state index contributed by atoms with van der Waals surface area (Å²) in [6, 6.07) is 9.60. The lowest BCUT2D eigenvalue weighted by Gasteiger charge is -2.20. The molecule has 0 aliphatic heterocycles. The Hall–Kier alpha value is -3.18. The average molecular weight is 534 g/mol. The van der Waals surface area contributed by atoms with Crippen LogP contribution in [0.4, 0.5) is 27.4 Å². The van der Waals surface area contributed by atoms with Crippen molar-refractivity contribution >= 4 is 34.6 Å². The molecule has 200 valence electrons. The van der Waals surface area contributed by atoms with Gasteiger partial charge in [-0.25, -0.2) is 14.4 Å². The van der Waals surface area contributed by atoms with Gasteiger partial charge < -0.3 is 35.2 Å². The molecule has 0 bridgehead atoms. The molecule has 0 unspecified atom stereocenters. The second-order valence-corrected chi connectivity index (χ2v) is 8.91. The second kappa shape index (κ2) is 14.5. The monoisotopic (exact) mass is 533 g/mol. The number of aliphatic hydroxyl groups excluding tert-OH is 1. The van der Waals surface area contributed by atoms with E-state index in [9.17, 15) is 9.50 Å². The Balaban J connectivity index is 1.70. The van der Waals surface area contributed by atoms with E-state index >= 15 is 0 Å². The molecule has 0 atom stereocenters. The van der Waals surface area contributed by atoms with Gasteiger partial charge in [0.25, 0.3) is 0 Å². The third-order valence-electron chi connectivity index (χ3n) is 5.49. The Bertz CT molecular complexity index is 1150. The molecule has 0 saturated carbocycles. The van der Waals surface area contributed by atoms with Crippen LogP contribution >= 0.6 is 11.6 Å². The first-order chi connectivity index (χ1) is 17.9. The molecule has 1 aromatic heterocycles. The average Bonchev–Trinajstić information content (AvgIpc) is 2.86. The van der Waals surface area contributed by atoms with Gasteiger partial charge in [0, 0.05) is 43.8 Å². The molecule has 0 saturated heterocycles. The third kappa shape index (κ3) is 9.01. The molecular weight excluding hydrogens is 501 g/mol. The van der Waals surface area contributed by atoms with Crippen molar-refractivity contribution < 1.29 is 24.1 Å². The molecule has 2 aromatic carbocycles. The van der Waals surface area contributed by atoms with Gasteiger partial charge in [-0.2, -0.15) is 0 Å². The summed E-state index contributed by atoms with van der Waals surface area (Å²) in [5.74, 6) is 0.818. The first kappa shape index (κ1) is 28.4. The number of unbranched alkanes of at least 4 members (excludes halogenated alkanes) is 2. The van der Waals surface area contributed by atoms with Crippen molar-refractivity contribution in [1.82, 2.24) is 14.9 Å². The van der Waals surface area contributed by atoms with Crippen molar-refractivity contribution in [3.63, 3.8) is 0 Å². The quantitative estimate of drug-likeness (QED) is 0.199. The van der Waals surface area contributed by atoms with Crippen molar-refractivity contribution in [2.45, 2.75) is 25.8 Å². The van der Waals surface area contributed by atoms with Crippen LogP contribution < -0.4 is 15.4 Å². The molecule has 0 fully saturated rings. The summed E-state index contributed by atoms with van der Waals surface area (Å²) in [7, 11) is 3.54. The maximum Gasteiger partial charge on any atom is 0.161 e. The van der Waals surface area contributed by atoms with Gasteiger partial charge in [-0.3, -0.25) is 0 Å². The summed E-state index contributed by atoms with van der Waals surface area (Å²) in [4.78, 5) is 10.6. The molecule has 11 heteroatoms. The normalized spacial score (nSPS) is 11.1. The molecule has 3 aromatic rings. The maximum absolute atomic E-state index is 14.3. The number of phenolic OH excluding ortho intramolecular Hbond substituents is 1. The number of nitrogens with one attached hydrogen (secondary N) is 2. The van der Waals surface area contributed by atoms with E-state index in [-0.39, 0.29) is 17.4 Å². The highest BCUT2D eigenvalue weighted by molar-refractivity contribution is 6.31. The first-order valence-electron chi connectivity index (χ1n) is 12.0. The van der Waals surface area contributed by atoms with Gasteiger partial charge in [-0.1, -0.05) is 11.6 Å². The number of phenols is 1. The summed E-state index contributed by atoms with van der Waals surface area (Å²) in [6.07, 6.45) is 4.03. The number of ether oxygens (including phenoxy) is 2. The SMILES string of the molecule is COCCOc1ccc(Nc2cc(Nc3cc(Cl)c(F)cc3CN(C)CCCCCO)ncn2)cc1O. The standard InChI is InChI=1S/C26H33ClFN5O4/c1-33(8-4-3-5-9-34)16-18-12-21(28)20(27)14-22(18)32-26-15-25(29-17-30-26)31-19-6-7-24(23(35)13-19)37-11-10-36-2/h6-7,12-15,17,34-35H,3-5,8-11,16H2,1-2H3,(H2,29,30,31,32). The van der Waals surface area contributed by atoms with Gasteiger partial charge in [0.05, 0.1) is 11.6 Å². The summed E-state index contributed by atoms with van der Waals surface area (Å²) in [5.41, 5.74) is 1.97. The minimum Gasteiger partial charge on any atom is -0.504 e. The number of aromatic nitrogens is 2. The van der Waals surface area contributed by atoms with E-state index in [0.717, 1.165) is 31.4 Å². The predicted octanol–water partition coefficient (Wildman–Crippen LogP) is 5.08. The van der Waals surface area contributed by atoms with Crippen LogP contribution in [0.1, 0.15) is 24.8 Å². The highest BCUT2D eigenvalue weighted by atomic mass is 35.5. The van der Waals surface area contributed by atoms with Gasteiger partial charge in [-0.15, -0.1) is 0 Å². The third-order valence-corrected chi connectivity index (χ3v) is 5.78. The van der Waals surface area contributed by atoms with Crippen LogP contribution in [0.5, 0.6) is 11.5 Å².